The molecule has 1 aliphatic carbocycles. The monoisotopic (exact) mass is 236 g/mol. The van der Waals surface area contributed by atoms with E-state index in [-0.39, 0.29) is 0 Å². The maximum atomic E-state index is 11.1. The van der Waals surface area contributed by atoms with Crippen LogP contribution in [0, 0.1) is 6.92 Å². The summed E-state index contributed by atoms with van der Waals surface area (Å²) in [5, 5.41) is 9.13. The molecule has 0 radical (unpaired) electrons. The third-order valence-corrected chi connectivity index (χ3v) is 3.72. The Morgan fingerprint density at radius 3 is 2.71 bits per heavy atom. The first kappa shape index (κ1) is 12.1. The molecule has 1 fully saturated rings. The zero-order valence-corrected chi connectivity index (χ0v) is 10.5. The minimum atomic E-state index is -0.792. The van der Waals surface area contributed by atoms with Gasteiger partial charge in [-0.25, -0.2) is 4.98 Å². The molecule has 1 saturated carbocycles. The van der Waals surface area contributed by atoms with E-state index in [1.54, 1.807) is 0 Å². The van der Waals surface area contributed by atoms with Crippen molar-refractivity contribution in [3.8, 4) is 0 Å². The lowest BCUT2D eigenvalue weighted by Crippen LogP contribution is -2.12. The van der Waals surface area contributed by atoms with E-state index < -0.39 is 11.9 Å². The maximum absolute atomic E-state index is 11.1. The van der Waals surface area contributed by atoms with Gasteiger partial charge in [0.2, 0.25) is 0 Å². The second-order valence-electron chi connectivity index (χ2n) is 4.91. The topological polar surface area (TPSA) is 66.0 Å². The standard InChI is InChI=1S/C13H20N2O2/c1-3-10(13(16)17)12-14-8(2)11(15-12)9-6-4-5-7-9/h9-10H,3-7H2,1-2H3,(H,14,15)(H,16,17). The van der Waals surface area contributed by atoms with Crippen molar-refractivity contribution in [3.05, 3.63) is 17.2 Å². The van der Waals surface area contributed by atoms with Gasteiger partial charge in [-0.15, -0.1) is 0 Å². The second kappa shape index (κ2) is 4.90. The molecule has 1 aromatic rings. The van der Waals surface area contributed by atoms with Crippen molar-refractivity contribution in [2.75, 3.05) is 0 Å². The summed E-state index contributed by atoms with van der Waals surface area (Å²) in [4.78, 5) is 18.8. The average molecular weight is 236 g/mol. The van der Waals surface area contributed by atoms with Gasteiger partial charge in [-0.1, -0.05) is 19.8 Å². The van der Waals surface area contributed by atoms with Crippen LogP contribution in [0.3, 0.4) is 0 Å². The van der Waals surface area contributed by atoms with E-state index in [0.717, 1.165) is 11.4 Å². The summed E-state index contributed by atoms with van der Waals surface area (Å²) >= 11 is 0. The molecule has 1 aliphatic rings. The predicted octanol–water partition coefficient (Wildman–Crippen LogP) is 2.95. The minimum absolute atomic E-state index is 0.496. The van der Waals surface area contributed by atoms with Gasteiger partial charge in [0, 0.05) is 11.6 Å². The predicted molar refractivity (Wildman–Crippen MR) is 65.2 cm³/mol. The molecule has 1 atom stereocenters. The number of nitrogens with one attached hydrogen (secondary N) is 1. The van der Waals surface area contributed by atoms with Crippen molar-refractivity contribution in [2.45, 2.75) is 57.8 Å². The number of imidazole rings is 1. The first-order chi connectivity index (χ1) is 8.13. The van der Waals surface area contributed by atoms with E-state index in [9.17, 15) is 4.79 Å². The summed E-state index contributed by atoms with van der Waals surface area (Å²) in [6, 6.07) is 0. The summed E-state index contributed by atoms with van der Waals surface area (Å²) < 4.78 is 0. The fourth-order valence-electron chi connectivity index (χ4n) is 2.74. The molecule has 0 aromatic carbocycles. The van der Waals surface area contributed by atoms with Crippen LogP contribution >= 0.6 is 0 Å². The molecule has 17 heavy (non-hydrogen) atoms. The molecule has 0 amide bonds. The second-order valence-corrected chi connectivity index (χ2v) is 4.91. The molecule has 0 bridgehead atoms. The Morgan fingerprint density at radius 1 is 1.53 bits per heavy atom. The zero-order chi connectivity index (χ0) is 12.4. The van der Waals surface area contributed by atoms with Gasteiger partial charge in [0.25, 0.3) is 0 Å². The lowest BCUT2D eigenvalue weighted by atomic mass is 10.0. The molecule has 1 aromatic heterocycles. The smallest absolute Gasteiger partial charge is 0.314 e. The minimum Gasteiger partial charge on any atom is -0.481 e. The summed E-state index contributed by atoms with van der Waals surface area (Å²) in [5.74, 6) is -0.131. The fraction of sp³-hybridized carbons (Fsp3) is 0.692. The molecule has 2 rings (SSSR count). The largest absolute Gasteiger partial charge is 0.481 e. The van der Waals surface area contributed by atoms with E-state index in [2.05, 4.69) is 9.97 Å². The number of aryl methyl sites for hydroxylation is 1. The number of H-pyrrole nitrogens is 1. The Kier molecular flexibility index (Phi) is 3.50. The fourth-order valence-corrected chi connectivity index (χ4v) is 2.74. The molecule has 0 saturated heterocycles. The van der Waals surface area contributed by atoms with Crippen LogP contribution in [0.25, 0.3) is 0 Å². The van der Waals surface area contributed by atoms with E-state index in [1.165, 1.54) is 25.7 Å². The Labute approximate surface area is 101 Å². The summed E-state index contributed by atoms with van der Waals surface area (Å²) in [7, 11) is 0. The quantitative estimate of drug-likeness (QED) is 0.844. The number of aliphatic carboxylic acids is 1. The summed E-state index contributed by atoms with van der Waals surface area (Å²) in [5.41, 5.74) is 2.14. The normalized spacial score (nSPS) is 18.5. The molecular weight excluding hydrogens is 216 g/mol. The highest BCUT2D eigenvalue weighted by Crippen LogP contribution is 2.35. The van der Waals surface area contributed by atoms with Crippen LogP contribution in [0.1, 0.15) is 68.1 Å². The van der Waals surface area contributed by atoms with Gasteiger partial charge in [0.15, 0.2) is 0 Å². The van der Waals surface area contributed by atoms with Crippen LogP contribution < -0.4 is 0 Å². The van der Waals surface area contributed by atoms with Crippen molar-refractivity contribution in [3.63, 3.8) is 0 Å². The number of nitrogens with zero attached hydrogens (tertiary/aromatic N) is 1. The molecule has 94 valence electrons. The number of hydrogen-bond acceptors (Lipinski definition) is 2. The molecule has 2 N–H and O–H groups in total. The molecule has 0 aliphatic heterocycles. The van der Waals surface area contributed by atoms with Crippen LogP contribution in [0.15, 0.2) is 0 Å². The lowest BCUT2D eigenvalue weighted by Gasteiger charge is -2.06. The van der Waals surface area contributed by atoms with Crippen LogP contribution in [0.4, 0.5) is 0 Å². The molecule has 1 heterocycles. The molecule has 4 heteroatoms. The van der Waals surface area contributed by atoms with E-state index in [1.807, 2.05) is 13.8 Å². The highest BCUT2D eigenvalue weighted by Gasteiger charge is 2.26. The SMILES string of the molecule is CCC(C(=O)O)c1nc(C2CCCC2)c(C)[nH]1. The highest BCUT2D eigenvalue weighted by atomic mass is 16.4. The number of carboxylic acid groups (broad SMARTS) is 1. The van der Waals surface area contributed by atoms with E-state index in [4.69, 9.17) is 5.11 Å². The van der Waals surface area contributed by atoms with Crippen LogP contribution in [0.5, 0.6) is 0 Å². The first-order valence-corrected chi connectivity index (χ1v) is 6.42. The van der Waals surface area contributed by atoms with Crippen molar-refractivity contribution >= 4 is 5.97 Å². The van der Waals surface area contributed by atoms with Crippen molar-refractivity contribution in [1.82, 2.24) is 9.97 Å². The van der Waals surface area contributed by atoms with Gasteiger partial charge < -0.3 is 10.1 Å². The molecular formula is C13H20N2O2. The Hall–Kier alpha value is -1.32. The van der Waals surface area contributed by atoms with Gasteiger partial charge in [0.05, 0.1) is 5.69 Å². The van der Waals surface area contributed by atoms with Gasteiger partial charge in [0.1, 0.15) is 11.7 Å². The lowest BCUT2D eigenvalue weighted by molar-refractivity contribution is -0.139. The van der Waals surface area contributed by atoms with Gasteiger partial charge in [-0.2, -0.15) is 0 Å². The number of aromatic nitrogens is 2. The van der Waals surface area contributed by atoms with Gasteiger partial charge in [-0.05, 0) is 26.2 Å². The van der Waals surface area contributed by atoms with Crippen LogP contribution in [-0.4, -0.2) is 21.0 Å². The Balaban J connectivity index is 2.25. The Bertz CT molecular complexity index is 406. The van der Waals surface area contributed by atoms with Crippen LogP contribution in [-0.2, 0) is 4.79 Å². The Morgan fingerprint density at radius 2 is 2.18 bits per heavy atom. The van der Waals surface area contributed by atoms with Crippen LogP contribution in [0.2, 0.25) is 0 Å². The third kappa shape index (κ3) is 2.35. The summed E-state index contributed by atoms with van der Waals surface area (Å²) in [6.07, 6.45) is 5.49. The summed E-state index contributed by atoms with van der Waals surface area (Å²) in [6.45, 7) is 3.88. The van der Waals surface area contributed by atoms with Crippen molar-refractivity contribution in [2.24, 2.45) is 0 Å². The number of hydrogen-bond donors (Lipinski definition) is 2. The molecule has 1 unspecified atom stereocenters. The van der Waals surface area contributed by atoms with Crippen molar-refractivity contribution < 1.29 is 9.90 Å². The average Bonchev–Trinajstić information content (AvgIpc) is 2.87. The highest BCUT2D eigenvalue weighted by molar-refractivity contribution is 5.74. The molecule has 0 spiro atoms. The third-order valence-electron chi connectivity index (χ3n) is 3.72. The molecule has 4 nitrogen and oxygen atoms in total. The number of carboxylic acids is 1. The number of aromatic amines is 1. The van der Waals surface area contributed by atoms with E-state index >= 15 is 0 Å². The zero-order valence-electron chi connectivity index (χ0n) is 10.5. The number of carbonyl (C=O) groups is 1. The van der Waals surface area contributed by atoms with Gasteiger partial charge >= 0.3 is 5.97 Å². The first-order valence-electron chi connectivity index (χ1n) is 6.42. The maximum Gasteiger partial charge on any atom is 0.314 e. The number of rotatable bonds is 4. The van der Waals surface area contributed by atoms with E-state index in [0.29, 0.717) is 18.2 Å². The van der Waals surface area contributed by atoms with Gasteiger partial charge in [-0.3, -0.25) is 4.79 Å². The van der Waals surface area contributed by atoms with Crippen molar-refractivity contribution in [1.29, 1.82) is 0 Å².